The fraction of sp³-hybridized carbons (Fsp3) is 0.556. The average molecular weight is 335 g/mol. The number of ether oxygens (including phenoxy) is 2. The Morgan fingerprint density at radius 1 is 1.29 bits per heavy atom. The summed E-state index contributed by atoms with van der Waals surface area (Å²) in [5, 5.41) is 12.1. The van der Waals surface area contributed by atoms with Crippen LogP contribution in [0, 0.1) is 0 Å². The van der Waals surface area contributed by atoms with Crippen LogP contribution in [-0.2, 0) is 20.9 Å². The Hall–Kier alpha value is -2.08. The van der Waals surface area contributed by atoms with Crippen LogP contribution in [0.25, 0.3) is 0 Å². The molecule has 1 aliphatic rings. The van der Waals surface area contributed by atoms with Crippen molar-refractivity contribution in [3.63, 3.8) is 0 Å². The highest BCUT2D eigenvalue weighted by Gasteiger charge is 2.48. The molecule has 2 rings (SSSR count). The predicted octanol–water partition coefficient (Wildman–Crippen LogP) is 3.10. The summed E-state index contributed by atoms with van der Waals surface area (Å²) in [6.45, 7) is 5.63. The van der Waals surface area contributed by atoms with Crippen LogP contribution in [0.4, 0.5) is 4.79 Å². The third kappa shape index (κ3) is 4.96. The van der Waals surface area contributed by atoms with E-state index < -0.39 is 23.2 Å². The smallest absolute Gasteiger partial charge is 0.408 e. The molecule has 1 fully saturated rings. The Morgan fingerprint density at radius 2 is 1.96 bits per heavy atom. The summed E-state index contributed by atoms with van der Waals surface area (Å²) in [6, 6.07) is 9.70. The number of carbonyl (C=O) groups is 2. The lowest BCUT2D eigenvalue weighted by molar-refractivity contribution is -0.145. The Morgan fingerprint density at radius 3 is 2.54 bits per heavy atom. The fourth-order valence-electron chi connectivity index (χ4n) is 2.79. The maximum Gasteiger partial charge on any atom is 0.408 e. The van der Waals surface area contributed by atoms with Gasteiger partial charge >= 0.3 is 12.1 Å². The van der Waals surface area contributed by atoms with Crippen molar-refractivity contribution >= 4 is 12.1 Å². The van der Waals surface area contributed by atoms with E-state index in [9.17, 15) is 14.7 Å². The number of hydrogen-bond acceptors (Lipinski definition) is 4. The molecule has 0 aromatic heterocycles. The highest BCUT2D eigenvalue weighted by Crippen LogP contribution is 2.33. The predicted molar refractivity (Wildman–Crippen MR) is 88.6 cm³/mol. The third-order valence-corrected chi connectivity index (χ3v) is 3.95. The molecular formula is C18H25NO5. The van der Waals surface area contributed by atoms with Crippen LogP contribution in [0.1, 0.15) is 45.6 Å². The van der Waals surface area contributed by atoms with Crippen LogP contribution in [0.2, 0.25) is 0 Å². The van der Waals surface area contributed by atoms with Crippen molar-refractivity contribution in [1.29, 1.82) is 0 Å². The Labute approximate surface area is 142 Å². The molecule has 2 atom stereocenters. The van der Waals surface area contributed by atoms with Gasteiger partial charge in [-0.25, -0.2) is 9.59 Å². The molecule has 132 valence electrons. The van der Waals surface area contributed by atoms with Gasteiger partial charge in [0.1, 0.15) is 11.1 Å². The van der Waals surface area contributed by atoms with Gasteiger partial charge in [0, 0.05) is 6.42 Å². The minimum absolute atomic E-state index is 0.212. The van der Waals surface area contributed by atoms with E-state index in [-0.39, 0.29) is 12.5 Å². The standard InChI is InChI=1S/C18H25NO5/c1-17(2,3)24-16(22)19-18(15(20)21)10-9-14(11-18)23-12-13-7-5-4-6-8-13/h4-8,14H,9-12H2,1-3H3,(H,19,22)(H,20,21)/t14-,18-/m0/s1. The molecule has 6 heteroatoms. The van der Waals surface area contributed by atoms with Gasteiger partial charge in [-0.15, -0.1) is 0 Å². The summed E-state index contributed by atoms with van der Waals surface area (Å²) in [5.74, 6) is -1.06. The van der Waals surface area contributed by atoms with E-state index in [2.05, 4.69) is 5.32 Å². The van der Waals surface area contributed by atoms with E-state index in [0.717, 1.165) is 5.56 Å². The number of carbonyl (C=O) groups excluding carboxylic acids is 1. The van der Waals surface area contributed by atoms with Crippen molar-refractivity contribution in [2.24, 2.45) is 0 Å². The van der Waals surface area contributed by atoms with E-state index in [1.54, 1.807) is 20.8 Å². The van der Waals surface area contributed by atoms with E-state index in [0.29, 0.717) is 19.4 Å². The second-order valence-corrected chi connectivity index (χ2v) is 7.18. The molecule has 1 amide bonds. The summed E-state index contributed by atoms with van der Waals surface area (Å²) in [4.78, 5) is 23.7. The normalized spacial score (nSPS) is 23.7. The fourth-order valence-corrected chi connectivity index (χ4v) is 2.79. The minimum Gasteiger partial charge on any atom is -0.480 e. The zero-order valence-corrected chi connectivity index (χ0v) is 14.4. The van der Waals surface area contributed by atoms with Crippen LogP contribution in [0.3, 0.4) is 0 Å². The van der Waals surface area contributed by atoms with Crippen LogP contribution in [0.5, 0.6) is 0 Å². The molecule has 1 aromatic carbocycles. The second-order valence-electron chi connectivity index (χ2n) is 7.18. The van der Waals surface area contributed by atoms with Gasteiger partial charge in [-0.2, -0.15) is 0 Å². The van der Waals surface area contributed by atoms with Crippen LogP contribution >= 0.6 is 0 Å². The number of carboxylic acid groups (broad SMARTS) is 1. The van der Waals surface area contributed by atoms with Gasteiger partial charge in [0.2, 0.25) is 0 Å². The van der Waals surface area contributed by atoms with Gasteiger partial charge in [0.05, 0.1) is 12.7 Å². The van der Waals surface area contributed by atoms with Gasteiger partial charge in [-0.1, -0.05) is 30.3 Å². The summed E-state index contributed by atoms with van der Waals surface area (Å²) in [6.07, 6.45) is 0.203. The van der Waals surface area contributed by atoms with E-state index in [4.69, 9.17) is 9.47 Å². The highest BCUT2D eigenvalue weighted by atomic mass is 16.6. The van der Waals surface area contributed by atoms with Gasteiger partial charge in [-0.3, -0.25) is 0 Å². The number of nitrogens with one attached hydrogen (secondary N) is 1. The topological polar surface area (TPSA) is 84.9 Å². The molecule has 0 aliphatic heterocycles. The quantitative estimate of drug-likeness (QED) is 0.863. The molecule has 24 heavy (non-hydrogen) atoms. The summed E-state index contributed by atoms with van der Waals surface area (Å²) in [7, 11) is 0. The first-order chi connectivity index (χ1) is 11.2. The molecular weight excluding hydrogens is 310 g/mol. The van der Waals surface area contributed by atoms with Crippen LogP contribution in [0.15, 0.2) is 30.3 Å². The van der Waals surface area contributed by atoms with E-state index >= 15 is 0 Å². The maximum absolute atomic E-state index is 12.0. The van der Waals surface area contributed by atoms with Crippen LogP contribution < -0.4 is 5.32 Å². The third-order valence-electron chi connectivity index (χ3n) is 3.95. The molecule has 2 N–H and O–H groups in total. The average Bonchev–Trinajstić information content (AvgIpc) is 2.89. The zero-order valence-electron chi connectivity index (χ0n) is 14.4. The molecule has 0 radical (unpaired) electrons. The summed E-state index contributed by atoms with van der Waals surface area (Å²) in [5.41, 5.74) is -0.972. The van der Waals surface area contributed by atoms with Gasteiger partial charge in [-0.05, 0) is 39.2 Å². The minimum atomic E-state index is -1.33. The first kappa shape index (κ1) is 18.3. The number of carboxylic acids is 1. The summed E-state index contributed by atoms with van der Waals surface area (Å²) < 4.78 is 11.0. The van der Waals surface area contributed by atoms with Crippen molar-refractivity contribution in [3.05, 3.63) is 35.9 Å². The number of alkyl carbamates (subject to hydrolysis) is 1. The summed E-state index contributed by atoms with van der Waals surface area (Å²) >= 11 is 0. The van der Waals surface area contributed by atoms with Crippen molar-refractivity contribution in [1.82, 2.24) is 5.32 Å². The molecule has 0 heterocycles. The zero-order chi connectivity index (χ0) is 17.8. The number of amides is 1. The van der Waals surface area contributed by atoms with Gasteiger partial charge in [0.25, 0.3) is 0 Å². The molecule has 0 bridgehead atoms. The molecule has 1 aliphatic carbocycles. The number of benzene rings is 1. The largest absolute Gasteiger partial charge is 0.480 e. The molecule has 1 saturated carbocycles. The molecule has 0 spiro atoms. The SMILES string of the molecule is CC(C)(C)OC(=O)N[C@@]1(C(=O)O)CC[C@H](OCc2ccccc2)C1. The number of hydrogen-bond donors (Lipinski definition) is 2. The van der Waals surface area contributed by atoms with Crippen molar-refractivity contribution < 1.29 is 24.2 Å². The first-order valence-electron chi connectivity index (χ1n) is 8.10. The molecule has 0 saturated heterocycles. The first-order valence-corrected chi connectivity index (χ1v) is 8.10. The number of aliphatic carboxylic acids is 1. The lowest BCUT2D eigenvalue weighted by atomic mass is 9.98. The van der Waals surface area contributed by atoms with Gasteiger partial charge < -0.3 is 19.9 Å². The Bertz CT molecular complexity index is 581. The number of rotatable bonds is 5. The highest BCUT2D eigenvalue weighted by molar-refractivity contribution is 5.85. The van der Waals surface area contributed by atoms with Crippen molar-refractivity contribution in [3.8, 4) is 0 Å². The monoisotopic (exact) mass is 335 g/mol. The lowest BCUT2D eigenvalue weighted by Crippen LogP contribution is -2.54. The molecule has 6 nitrogen and oxygen atoms in total. The van der Waals surface area contributed by atoms with E-state index in [1.807, 2.05) is 30.3 Å². The Balaban J connectivity index is 1.94. The van der Waals surface area contributed by atoms with Crippen molar-refractivity contribution in [2.75, 3.05) is 0 Å². The molecule has 0 unspecified atom stereocenters. The van der Waals surface area contributed by atoms with Crippen LogP contribution in [-0.4, -0.2) is 34.4 Å². The van der Waals surface area contributed by atoms with E-state index in [1.165, 1.54) is 0 Å². The lowest BCUT2D eigenvalue weighted by Gasteiger charge is -2.28. The van der Waals surface area contributed by atoms with Gasteiger partial charge in [0.15, 0.2) is 0 Å². The Kier molecular flexibility index (Phi) is 5.49. The molecule has 1 aromatic rings. The maximum atomic E-state index is 12.0. The van der Waals surface area contributed by atoms with Crippen molar-refractivity contribution in [2.45, 2.75) is 63.9 Å². The second kappa shape index (κ2) is 7.21.